The van der Waals surface area contributed by atoms with Gasteiger partial charge in [0, 0.05) is 22.6 Å². The van der Waals surface area contributed by atoms with Crippen molar-refractivity contribution in [3.05, 3.63) is 74.1 Å². The quantitative estimate of drug-likeness (QED) is 0.268. The van der Waals surface area contributed by atoms with Crippen molar-refractivity contribution < 1.29 is 24.0 Å². The van der Waals surface area contributed by atoms with Gasteiger partial charge in [-0.3, -0.25) is 14.9 Å². The summed E-state index contributed by atoms with van der Waals surface area (Å²) in [5.41, 5.74) is 4.47. The number of amides is 1. The number of rotatable bonds is 8. The van der Waals surface area contributed by atoms with Crippen molar-refractivity contribution in [2.24, 2.45) is 0 Å². The number of esters is 1. The molecular formula is C24H24N2O6S. The van der Waals surface area contributed by atoms with E-state index in [4.69, 9.17) is 9.47 Å². The van der Waals surface area contributed by atoms with Gasteiger partial charge in [-0.2, -0.15) is 0 Å². The normalized spacial score (nSPS) is 10.5. The Morgan fingerprint density at radius 1 is 1.06 bits per heavy atom. The third kappa shape index (κ3) is 5.56. The zero-order valence-electron chi connectivity index (χ0n) is 18.8. The first-order valence-corrected chi connectivity index (χ1v) is 11.1. The topological polar surface area (TPSA) is 108 Å². The molecule has 0 bridgehead atoms. The van der Waals surface area contributed by atoms with Gasteiger partial charge in [-0.1, -0.05) is 18.2 Å². The summed E-state index contributed by atoms with van der Waals surface area (Å²) in [5, 5.41) is 15.8. The number of nitro groups is 1. The molecule has 0 radical (unpaired) electrons. The van der Waals surface area contributed by atoms with Gasteiger partial charge in [-0.25, -0.2) is 4.79 Å². The van der Waals surface area contributed by atoms with Crippen LogP contribution in [0.5, 0.6) is 5.75 Å². The summed E-state index contributed by atoms with van der Waals surface area (Å²) < 4.78 is 10.7. The fourth-order valence-electron chi connectivity index (χ4n) is 3.21. The molecular weight excluding hydrogens is 444 g/mol. The van der Waals surface area contributed by atoms with Crippen molar-refractivity contribution in [3.8, 4) is 16.9 Å². The minimum absolute atomic E-state index is 0.0247. The summed E-state index contributed by atoms with van der Waals surface area (Å²) in [6.07, 6.45) is 0. The maximum Gasteiger partial charge on any atom is 0.341 e. The van der Waals surface area contributed by atoms with E-state index < -0.39 is 16.8 Å². The molecule has 0 spiro atoms. The molecule has 0 unspecified atom stereocenters. The summed E-state index contributed by atoms with van der Waals surface area (Å²) in [5.74, 6) is -0.653. The molecule has 0 saturated carbocycles. The van der Waals surface area contributed by atoms with Crippen molar-refractivity contribution in [1.29, 1.82) is 0 Å². The van der Waals surface area contributed by atoms with E-state index in [-0.39, 0.29) is 18.9 Å². The zero-order chi connectivity index (χ0) is 24.1. The maximum absolute atomic E-state index is 12.7. The van der Waals surface area contributed by atoms with Gasteiger partial charge < -0.3 is 14.8 Å². The molecule has 0 atom stereocenters. The Morgan fingerprint density at radius 3 is 2.45 bits per heavy atom. The maximum atomic E-state index is 12.7. The molecule has 8 nitrogen and oxygen atoms in total. The van der Waals surface area contributed by atoms with Crippen LogP contribution in [0, 0.1) is 30.9 Å². The highest BCUT2D eigenvalue weighted by molar-refractivity contribution is 7.15. The third-order valence-electron chi connectivity index (χ3n) is 5.08. The van der Waals surface area contributed by atoms with Gasteiger partial charge in [0.15, 0.2) is 6.61 Å². The molecule has 172 valence electrons. The second-order valence-electron chi connectivity index (χ2n) is 7.42. The molecule has 0 saturated heterocycles. The molecule has 9 heteroatoms. The second kappa shape index (κ2) is 10.3. The molecule has 0 aliphatic rings. The summed E-state index contributed by atoms with van der Waals surface area (Å²) >= 11 is 1.23. The van der Waals surface area contributed by atoms with Crippen LogP contribution in [0.25, 0.3) is 11.1 Å². The average Bonchev–Trinajstić information content (AvgIpc) is 3.17. The van der Waals surface area contributed by atoms with Crippen LogP contribution in [0.4, 0.5) is 10.7 Å². The Kier molecular flexibility index (Phi) is 7.44. The van der Waals surface area contributed by atoms with Gasteiger partial charge in [0.25, 0.3) is 11.6 Å². The highest BCUT2D eigenvalue weighted by atomic mass is 32.1. The lowest BCUT2D eigenvalue weighted by Crippen LogP contribution is -2.21. The molecule has 0 aliphatic carbocycles. The minimum atomic E-state index is -0.519. The van der Waals surface area contributed by atoms with Crippen molar-refractivity contribution in [2.45, 2.75) is 27.7 Å². The highest BCUT2D eigenvalue weighted by Gasteiger charge is 2.23. The summed E-state index contributed by atoms with van der Waals surface area (Å²) in [7, 11) is 0. The molecule has 33 heavy (non-hydrogen) atoms. The molecule has 0 aliphatic heterocycles. The van der Waals surface area contributed by atoms with Gasteiger partial charge in [0.1, 0.15) is 16.3 Å². The van der Waals surface area contributed by atoms with E-state index in [2.05, 4.69) is 5.32 Å². The van der Waals surface area contributed by atoms with E-state index in [1.807, 2.05) is 37.4 Å². The molecule has 2 aromatic carbocycles. The number of anilines is 1. The van der Waals surface area contributed by atoms with Crippen LogP contribution in [-0.2, 0) is 9.53 Å². The predicted molar refractivity (Wildman–Crippen MR) is 127 cm³/mol. The number of nitrogens with one attached hydrogen (secondary N) is 1. The van der Waals surface area contributed by atoms with Gasteiger partial charge in [0.05, 0.1) is 11.5 Å². The van der Waals surface area contributed by atoms with Crippen LogP contribution in [0.1, 0.15) is 34.0 Å². The van der Waals surface area contributed by atoms with Crippen LogP contribution < -0.4 is 10.1 Å². The summed E-state index contributed by atoms with van der Waals surface area (Å²) in [4.78, 5) is 35.7. The fourth-order valence-corrected chi connectivity index (χ4v) is 4.18. The van der Waals surface area contributed by atoms with Gasteiger partial charge in [-0.05, 0) is 56.5 Å². The van der Waals surface area contributed by atoms with E-state index in [0.29, 0.717) is 27.4 Å². The molecule has 1 N–H and O–H groups in total. The second-order valence-corrected chi connectivity index (χ2v) is 8.29. The number of nitro benzene ring substituents is 1. The van der Waals surface area contributed by atoms with Crippen LogP contribution >= 0.6 is 11.3 Å². The number of aryl methyl sites for hydroxylation is 3. The van der Waals surface area contributed by atoms with Crippen LogP contribution in [-0.4, -0.2) is 30.0 Å². The first-order valence-electron chi connectivity index (χ1n) is 10.2. The lowest BCUT2D eigenvalue weighted by atomic mass is 9.99. The lowest BCUT2D eigenvalue weighted by Gasteiger charge is -2.11. The molecule has 3 aromatic rings. The monoisotopic (exact) mass is 468 g/mol. The van der Waals surface area contributed by atoms with E-state index >= 15 is 0 Å². The Bertz CT molecular complexity index is 1220. The molecule has 1 amide bonds. The summed E-state index contributed by atoms with van der Waals surface area (Å²) in [6, 6.07) is 10.2. The molecule has 1 aromatic heterocycles. The standard InChI is InChI=1S/C24H24N2O6S/c1-5-31-24(28)22-19(17-7-6-14(2)15(3)10-17)13-33-23(22)25-21(27)12-32-18-8-9-20(26(29)30)16(4)11-18/h6-11,13H,5,12H2,1-4H3,(H,25,27). The number of carbonyl (C=O) groups is 2. The van der Waals surface area contributed by atoms with Crippen molar-refractivity contribution >= 4 is 33.9 Å². The number of carbonyl (C=O) groups excluding carboxylic acids is 2. The zero-order valence-corrected chi connectivity index (χ0v) is 19.6. The number of nitrogens with zero attached hydrogens (tertiary/aromatic N) is 1. The van der Waals surface area contributed by atoms with Gasteiger partial charge in [-0.15, -0.1) is 11.3 Å². The Labute approximate surface area is 195 Å². The smallest absolute Gasteiger partial charge is 0.341 e. The number of ether oxygens (including phenoxy) is 2. The predicted octanol–water partition coefficient (Wildman–Crippen LogP) is 5.44. The Hall–Kier alpha value is -3.72. The van der Waals surface area contributed by atoms with Crippen molar-refractivity contribution in [3.63, 3.8) is 0 Å². The van der Waals surface area contributed by atoms with Crippen LogP contribution in [0.15, 0.2) is 41.8 Å². The SMILES string of the molecule is CCOC(=O)c1c(-c2ccc(C)c(C)c2)csc1NC(=O)COc1ccc([N+](=O)[O-])c(C)c1. The third-order valence-corrected chi connectivity index (χ3v) is 5.97. The van der Waals surface area contributed by atoms with E-state index in [1.54, 1.807) is 13.8 Å². The van der Waals surface area contributed by atoms with Crippen molar-refractivity contribution in [2.75, 3.05) is 18.5 Å². The first-order chi connectivity index (χ1) is 15.7. The van der Waals surface area contributed by atoms with Crippen LogP contribution in [0.3, 0.4) is 0 Å². The number of hydrogen-bond donors (Lipinski definition) is 1. The largest absolute Gasteiger partial charge is 0.484 e. The van der Waals surface area contributed by atoms with Gasteiger partial charge in [0.2, 0.25) is 0 Å². The lowest BCUT2D eigenvalue weighted by molar-refractivity contribution is -0.385. The highest BCUT2D eigenvalue weighted by Crippen LogP contribution is 2.37. The average molecular weight is 469 g/mol. The summed E-state index contributed by atoms with van der Waals surface area (Å²) in [6.45, 7) is 7.20. The van der Waals surface area contributed by atoms with E-state index in [1.165, 1.54) is 29.5 Å². The number of benzene rings is 2. The Balaban J connectivity index is 1.79. The molecule has 1 heterocycles. The minimum Gasteiger partial charge on any atom is -0.484 e. The first kappa shape index (κ1) is 23.9. The van der Waals surface area contributed by atoms with E-state index in [0.717, 1.165) is 16.7 Å². The Morgan fingerprint density at radius 2 is 1.82 bits per heavy atom. The van der Waals surface area contributed by atoms with Gasteiger partial charge >= 0.3 is 5.97 Å². The number of thiophene rings is 1. The van der Waals surface area contributed by atoms with Crippen molar-refractivity contribution in [1.82, 2.24) is 0 Å². The molecule has 0 fully saturated rings. The molecule has 3 rings (SSSR count). The van der Waals surface area contributed by atoms with E-state index in [9.17, 15) is 19.7 Å². The fraction of sp³-hybridized carbons (Fsp3) is 0.250. The van der Waals surface area contributed by atoms with Crippen LogP contribution in [0.2, 0.25) is 0 Å². The number of hydrogen-bond acceptors (Lipinski definition) is 7.